The maximum absolute atomic E-state index is 12.0. The summed E-state index contributed by atoms with van der Waals surface area (Å²) in [4.78, 5) is 16.1. The monoisotopic (exact) mass is 235 g/mol. The molecule has 1 fully saturated rings. The molecule has 5 heteroatoms. The zero-order chi connectivity index (χ0) is 12.4. The smallest absolute Gasteiger partial charge is 0.230 e. The van der Waals surface area contributed by atoms with Gasteiger partial charge in [0.1, 0.15) is 0 Å². The van der Waals surface area contributed by atoms with Crippen molar-refractivity contribution in [3.8, 4) is 5.75 Å². The first-order chi connectivity index (χ1) is 8.08. The predicted octanol–water partition coefficient (Wildman–Crippen LogP) is 1.03. The third-order valence-corrected chi connectivity index (χ3v) is 3.12. The van der Waals surface area contributed by atoms with Crippen molar-refractivity contribution in [3.63, 3.8) is 0 Å². The number of nitrogens with zero attached hydrogens (tertiary/aromatic N) is 1. The highest BCUT2D eigenvalue weighted by Gasteiger charge is 2.29. The average molecular weight is 235 g/mol. The lowest BCUT2D eigenvalue weighted by molar-refractivity contribution is -0.120. The Morgan fingerprint density at radius 1 is 1.59 bits per heavy atom. The number of aromatic nitrogens is 1. The fraction of sp³-hybridized carbons (Fsp3) is 0.500. The zero-order valence-corrected chi connectivity index (χ0v) is 10.0. The van der Waals surface area contributed by atoms with Crippen LogP contribution in [0.1, 0.15) is 19.0 Å². The number of hydrogen-bond donors (Lipinski definition) is 3. The highest BCUT2D eigenvalue weighted by Crippen LogP contribution is 2.23. The molecule has 1 aromatic rings. The first-order valence-corrected chi connectivity index (χ1v) is 5.79. The molecule has 2 heterocycles. The summed E-state index contributed by atoms with van der Waals surface area (Å²) in [5.41, 5.74) is 0.760. The van der Waals surface area contributed by atoms with Crippen LogP contribution in [0.2, 0.25) is 0 Å². The Morgan fingerprint density at radius 3 is 3.00 bits per heavy atom. The van der Waals surface area contributed by atoms with E-state index < -0.39 is 0 Å². The van der Waals surface area contributed by atoms with Gasteiger partial charge in [0.25, 0.3) is 0 Å². The molecule has 3 N–H and O–H groups in total. The van der Waals surface area contributed by atoms with Gasteiger partial charge in [-0.05, 0) is 38.9 Å². The molecule has 0 radical (unpaired) electrons. The first-order valence-electron chi connectivity index (χ1n) is 5.79. The van der Waals surface area contributed by atoms with Crippen molar-refractivity contribution < 1.29 is 9.90 Å². The van der Waals surface area contributed by atoms with E-state index in [0.29, 0.717) is 0 Å². The van der Waals surface area contributed by atoms with Crippen LogP contribution in [0.3, 0.4) is 0 Å². The lowest BCUT2D eigenvalue weighted by atomic mass is 10.0. The molecular weight excluding hydrogens is 218 g/mol. The van der Waals surface area contributed by atoms with Crippen LogP contribution in [0.4, 0.5) is 5.82 Å². The van der Waals surface area contributed by atoms with Crippen molar-refractivity contribution in [2.45, 2.75) is 26.3 Å². The number of pyridine rings is 1. The highest BCUT2D eigenvalue weighted by atomic mass is 16.3. The molecule has 2 atom stereocenters. The third kappa shape index (κ3) is 2.55. The number of carbonyl (C=O) groups is 1. The van der Waals surface area contributed by atoms with Gasteiger partial charge in [-0.2, -0.15) is 0 Å². The van der Waals surface area contributed by atoms with E-state index in [-0.39, 0.29) is 29.4 Å². The van der Waals surface area contributed by atoms with Crippen molar-refractivity contribution in [3.05, 3.63) is 17.8 Å². The molecule has 0 spiro atoms. The molecule has 0 aliphatic carbocycles. The van der Waals surface area contributed by atoms with Crippen LogP contribution in [0, 0.1) is 12.8 Å². The lowest BCUT2D eigenvalue weighted by Gasteiger charge is -2.15. The van der Waals surface area contributed by atoms with Gasteiger partial charge in [0.05, 0.1) is 5.92 Å². The minimum absolute atomic E-state index is 0.00237. The van der Waals surface area contributed by atoms with E-state index in [9.17, 15) is 9.90 Å². The molecule has 1 aliphatic heterocycles. The average Bonchev–Trinajstić information content (AvgIpc) is 2.70. The van der Waals surface area contributed by atoms with Crippen molar-refractivity contribution in [2.24, 2.45) is 5.92 Å². The molecule has 17 heavy (non-hydrogen) atoms. The van der Waals surface area contributed by atoms with Crippen molar-refractivity contribution in [2.75, 3.05) is 11.9 Å². The largest absolute Gasteiger partial charge is 0.504 e. The third-order valence-electron chi connectivity index (χ3n) is 3.12. The summed E-state index contributed by atoms with van der Waals surface area (Å²) in [6, 6.07) is 3.40. The second-order valence-electron chi connectivity index (χ2n) is 4.45. The molecule has 1 aliphatic rings. The number of rotatable bonds is 2. The van der Waals surface area contributed by atoms with Crippen LogP contribution in [-0.4, -0.2) is 28.6 Å². The lowest BCUT2D eigenvalue weighted by Crippen LogP contribution is -2.32. The fourth-order valence-corrected chi connectivity index (χ4v) is 2.07. The van der Waals surface area contributed by atoms with Gasteiger partial charge in [-0.15, -0.1) is 0 Å². The van der Waals surface area contributed by atoms with Crippen molar-refractivity contribution >= 4 is 11.7 Å². The molecule has 0 aromatic carbocycles. The van der Waals surface area contributed by atoms with Crippen LogP contribution < -0.4 is 10.6 Å². The Hall–Kier alpha value is -1.62. The van der Waals surface area contributed by atoms with E-state index >= 15 is 0 Å². The van der Waals surface area contributed by atoms with E-state index in [2.05, 4.69) is 15.6 Å². The summed E-state index contributed by atoms with van der Waals surface area (Å²) < 4.78 is 0. The fourth-order valence-electron chi connectivity index (χ4n) is 2.07. The first kappa shape index (κ1) is 11.9. The summed E-state index contributed by atoms with van der Waals surface area (Å²) in [7, 11) is 0. The maximum atomic E-state index is 12.0. The predicted molar refractivity (Wildman–Crippen MR) is 64.8 cm³/mol. The molecule has 0 saturated carbocycles. The number of aromatic hydroxyl groups is 1. The number of carbonyl (C=O) groups excluding carboxylic acids is 1. The standard InChI is InChI=1S/C12H17N3O2/c1-7-3-4-10(16)11(14-7)15-12(17)9-5-6-13-8(9)2/h3-4,8-9,13,16H,5-6H2,1-2H3,(H,14,15,17). The summed E-state index contributed by atoms with van der Waals surface area (Å²) in [6.45, 7) is 4.65. The minimum Gasteiger partial charge on any atom is -0.504 e. The van der Waals surface area contributed by atoms with Gasteiger partial charge in [-0.1, -0.05) is 0 Å². The van der Waals surface area contributed by atoms with Crippen LogP contribution >= 0.6 is 0 Å². The van der Waals surface area contributed by atoms with Crippen molar-refractivity contribution in [1.82, 2.24) is 10.3 Å². The van der Waals surface area contributed by atoms with Gasteiger partial charge in [0, 0.05) is 11.7 Å². The number of anilines is 1. The Balaban J connectivity index is 2.10. The second-order valence-corrected chi connectivity index (χ2v) is 4.45. The number of aryl methyl sites for hydroxylation is 1. The van der Waals surface area contributed by atoms with Gasteiger partial charge >= 0.3 is 0 Å². The highest BCUT2D eigenvalue weighted by molar-refractivity contribution is 5.93. The number of nitrogens with one attached hydrogen (secondary N) is 2. The summed E-state index contributed by atoms with van der Waals surface area (Å²) in [5, 5.41) is 15.5. The quantitative estimate of drug-likeness (QED) is 0.716. The Bertz CT molecular complexity index is 434. The van der Waals surface area contributed by atoms with Gasteiger partial charge in [-0.3, -0.25) is 4.79 Å². The maximum Gasteiger partial charge on any atom is 0.230 e. The number of amides is 1. The van der Waals surface area contributed by atoms with Crippen LogP contribution in [0.15, 0.2) is 12.1 Å². The van der Waals surface area contributed by atoms with Gasteiger partial charge in [0.15, 0.2) is 11.6 Å². The summed E-state index contributed by atoms with van der Waals surface area (Å²) in [6.07, 6.45) is 0.819. The van der Waals surface area contributed by atoms with E-state index in [1.807, 2.05) is 13.8 Å². The molecule has 1 amide bonds. The Labute approximate surface area is 100 Å². The molecule has 1 saturated heterocycles. The topological polar surface area (TPSA) is 74.2 Å². The minimum atomic E-state index is -0.0871. The van der Waals surface area contributed by atoms with Gasteiger partial charge < -0.3 is 15.7 Å². The molecule has 1 aromatic heterocycles. The molecule has 5 nitrogen and oxygen atoms in total. The summed E-state index contributed by atoms with van der Waals surface area (Å²) >= 11 is 0. The molecule has 0 bridgehead atoms. The van der Waals surface area contributed by atoms with Crippen molar-refractivity contribution in [1.29, 1.82) is 0 Å². The molecule has 92 valence electrons. The van der Waals surface area contributed by atoms with Crippen LogP contribution in [0.25, 0.3) is 0 Å². The van der Waals surface area contributed by atoms with Gasteiger partial charge in [-0.25, -0.2) is 4.98 Å². The summed E-state index contributed by atoms with van der Waals surface area (Å²) in [5.74, 6) is 0.101. The molecular formula is C12H17N3O2. The number of hydrogen-bond acceptors (Lipinski definition) is 4. The van der Waals surface area contributed by atoms with E-state index in [4.69, 9.17) is 0 Å². The van der Waals surface area contributed by atoms with Crippen LogP contribution in [0.5, 0.6) is 5.75 Å². The zero-order valence-electron chi connectivity index (χ0n) is 10.0. The Morgan fingerprint density at radius 2 is 2.35 bits per heavy atom. The normalized spacial score (nSPS) is 23.6. The van der Waals surface area contributed by atoms with Crippen LogP contribution in [-0.2, 0) is 4.79 Å². The van der Waals surface area contributed by atoms with E-state index in [0.717, 1.165) is 18.7 Å². The van der Waals surface area contributed by atoms with Gasteiger partial charge in [0.2, 0.25) is 5.91 Å². The molecule has 2 unspecified atom stereocenters. The Kier molecular flexibility index (Phi) is 3.28. The molecule has 2 rings (SSSR count). The van der Waals surface area contributed by atoms with E-state index in [1.54, 1.807) is 6.07 Å². The van der Waals surface area contributed by atoms with E-state index in [1.165, 1.54) is 6.07 Å². The second kappa shape index (κ2) is 4.71. The SMILES string of the molecule is Cc1ccc(O)c(NC(=O)C2CCNC2C)n1.